The molecule has 0 fully saturated rings. The number of carbonyl (C=O) groups excluding carboxylic acids is 3. The van der Waals surface area contributed by atoms with E-state index in [0.717, 1.165) is 0 Å². The summed E-state index contributed by atoms with van der Waals surface area (Å²) in [5.41, 5.74) is 16.9. The highest BCUT2D eigenvalue weighted by molar-refractivity contribution is 5.92. The minimum absolute atomic E-state index is 0.0346. The maximum Gasteiger partial charge on any atom is 0.326 e. The fraction of sp³-hybridized carbons (Fsp3) is 0.526. The van der Waals surface area contributed by atoms with E-state index >= 15 is 0 Å². The molecule has 1 heterocycles. The summed E-state index contributed by atoms with van der Waals surface area (Å²) in [6, 6.07) is -3.62. The number of nitrogens with two attached hydrogens (primary N) is 3. The van der Waals surface area contributed by atoms with Gasteiger partial charge in [0.05, 0.1) is 18.9 Å². The van der Waals surface area contributed by atoms with Gasteiger partial charge in [0.15, 0.2) is 5.96 Å². The van der Waals surface area contributed by atoms with Crippen LogP contribution < -0.4 is 33.2 Å². The number of carboxylic acid groups (broad SMARTS) is 2. The first-order chi connectivity index (χ1) is 16.5. The molecule has 1 rings (SSSR count). The van der Waals surface area contributed by atoms with E-state index in [4.69, 9.17) is 22.3 Å². The normalized spacial score (nSPS) is 13.1. The minimum atomic E-state index is -1.48. The Morgan fingerprint density at radius 3 is 2.34 bits per heavy atom. The van der Waals surface area contributed by atoms with E-state index in [1.54, 1.807) is 0 Å². The Kier molecular flexibility index (Phi) is 12.2. The van der Waals surface area contributed by atoms with Gasteiger partial charge in [-0.3, -0.25) is 24.2 Å². The number of aromatic amines is 1. The second kappa shape index (κ2) is 14.8. The summed E-state index contributed by atoms with van der Waals surface area (Å²) >= 11 is 0. The third-order valence-electron chi connectivity index (χ3n) is 4.61. The molecule has 0 aromatic carbocycles. The number of guanidine groups is 1. The Morgan fingerprint density at radius 1 is 1.06 bits per heavy atom. The molecule has 194 valence electrons. The van der Waals surface area contributed by atoms with Crippen LogP contribution in [0.15, 0.2) is 17.5 Å². The van der Waals surface area contributed by atoms with Gasteiger partial charge >= 0.3 is 11.9 Å². The number of rotatable bonds is 16. The molecule has 35 heavy (non-hydrogen) atoms. The molecule has 12 N–H and O–H groups in total. The third-order valence-corrected chi connectivity index (χ3v) is 4.61. The number of hydrogen-bond donors (Lipinski definition) is 9. The molecule has 0 aliphatic heterocycles. The lowest BCUT2D eigenvalue weighted by molar-refractivity contribution is -0.143. The van der Waals surface area contributed by atoms with Gasteiger partial charge in [-0.1, -0.05) is 0 Å². The summed E-state index contributed by atoms with van der Waals surface area (Å²) in [4.78, 5) is 69.6. The smallest absolute Gasteiger partial charge is 0.326 e. The largest absolute Gasteiger partial charge is 0.481 e. The quantitative estimate of drug-likeness (QED) is 0.0610. The number of aliphatic imine (C=N–C) groups is 1. The zero-order chi connectivity index (χ0) is 26.4. The highest BCUT2D eigenvalue weighted by Crippen LogP contribution is 2.03. The molecule has 3 atom stereocenters. The molecule has 0 spiro atoms. The number of nitrogens with zero attached hydrogens (tertiary/aromatic N) is 2. The van der Waals surface area contributed by atoms with Crippen LogP contribution in [0.4, 0.5) is 0 Å². The van der Waals surface area contributed by atoms with Crippen molar-refractivity contribution in [1.29, 1.82) is 0 Å². The van der Waals surface area contributed by atoms with Gasteiger partial charge < -0.3 is 48.3 Å². The molecule has 1 aromatic rings. The van der Waals surface area contributed by atoms with Gasteiger partial charge in [-0.2, -0.15) is 0 Å². The van der Waals surface area contributed by atoms with Gasteiger partial charge in [0.25, 0.3) is 0 Å². The Balaban J connectivity index is 2.71. The predicted octanol–water partition coefficient (Wildman–Crippen LogP) is -3.63. The molecule has 16 heteroatoms. The van der Waals surface area contributed by atoms with E-state index in [0.29, 0.717) is 5.69 Å². The Bertz CT molecular complexity index is 900. The van der Waals surface area contributed by atoms with Crippen molar-refractivity contribution in [3.8, 4) is 0 Å². The van der Waals surface area contributed by atoms with E-state index in [-0.39, 0.29) is 38.2 Å². The summed E-state index contributed by atoms with van der Waals surface area (Å²) in [5.74, 6) is -5.00. The van der Waals surface area contributed by atoms with Crippen molar-refractivity contribution in [2.75, 3.05) is 13.1 Å². The third kappa shape index (κ3) is 12.0. The van der Waals surface area contributed by atoms with Gasteiger partial charge in [-0.25, -0.2) is 9.78 Å². The van der Waals surface area contributed by atoms with E-state index in [1.165, 1.54) is 12.5 Å². The molecule has 0 radical (unpaired) electrons. The van der Waals surface area contributed by atoms with Crippen molar-refractivity contribution >= 4 is 35.6 Å². The summed E-state index contributed by atoms with van der Waals surface area (Å²) in [6.45, 7) is -0.350. The number of aromatic nitrogens is 2. The molecular weight excluding hydrogens is 466 g/mol. The summed E-state index contributed by atoms with van der Waals surface area (Å²) < 4.78 is 0. The van der Waals surface area contributed by atoms with E-state index in [2.05, 4.69) is 30.9 Å². The number of carbonyl (C=O) groups is 5. The number of carboxylic acids is 2. The van der Waals surface area contributed by atoms with Crippen LogP contribution >= 0.6 is 0 Å². The molecule has 3 unspecified atom stereocenters. The summed E-state index contributed by atoms with van der Waals surface area (Å²) in [5, 5.41) is 25.0. The Labute approximate surface area is 200 Å². The van der Waals surface area contributed by atoms with E-state index in [1.807, 2.05) is 0 Å². The lowest BCUT2D eigenvalue weighted by atomic mass is 10.1. The molecule has 3 amide bonds. The van der Waals surface area contributed by atoms with Crippen LogP contribution in [0.25, 0.3) is 0 Å². The van der Waals surface area contributed by atoms with Gasteiger partial charge in [-0.05, 0) is 19.3 Å². The average molecular weight is 498 g/mol. The molecule has 0 aliphatic carbocycles. The fourth-order valence-corrected chi connectivity index (χ4v) is 2.84. The second-order valence-electron chi connectivity index (χ2n) is 7.51. The number of H-pyrrole nitrogens is 1. The van der Waals surface area contributed by atoms with Crippen LogP contribution in [0.3, 0.4) is 0 Å². The second-order valence-corrected chi connectivity index (χ2v) is 7.51. The van der Waals surface area contributed by atoms with Gasteiger partial charge in [0.2, 0.25) is 17.7 Å². The Hall–Kier alpha value is -4.21. The monoisotopic (exact) mass is 497 g/mol. The van der Waals surface area contributed by atoms with Gasteiger partial charge in [0.1, 0.15) is 12.1 Å². The molecule has 1 aromatic heterocycles. The average Bonchev–Trinajstić information content (AvgIpc) is 3.29. The van der Waals surface area contributed by atoms with Crippen LogP contribution in [0.5, 0.6) is 0 Å². The van der Waals surface area contributed by atoms with Crippen molar-refractivity contribution < 1.29 is 34.2 Å². The number of imidazole rings is 1. The first kappa shape index (κ1) is 28.8. The van der Waals surface area contributed by atoms with Crippen LogP contribution in [0.1, 0.15) is 31.4 Å². The van der Waals surface area contributed by atoms with Crippen LogP contribution in [0, 0.1) is 0 Å². The zero-order valence-electron chi connectivity index (χ0n) is 18.9. The highest BCUT2D eigenvalue weighted by atomic mass is 16.4. The van der Waals surface area contributed by atoms with E-state index in [9.17, 15) is 29.1 Å². The lowest BCUT2D eigenvalue weighted by Gasteiger charge is -2.21. The standard InChI is InChI=1S/C19H31N9O7/c20-11(6-10-7-23-9-26-10)16(32)25-8-14(29)27-12(2-1-5-24-19(21)22)17(33)28-13(18(34)35)3-4-15(30)31/h7,9,11-13H,1-6,8,20H2,(H,23,26)(H,25,32)(H,27,29)(H,28,33)(H,30,31)(H,34,35)(H4,21,22,24). The number of nitrogens with one attached hydrogen (secondary N) is 4. The minimum Gasteiger partial charge on any atom is -0.481 e. The SMILES string of the molecule is NC(N)=NCCCC(NC(=O)CNC(=O)C(N)Cc1cnc[nH]1)C(=O)NC(CCC(=O)O)C(=O)O. The maximum atomic E-state index is 12.7. The van der Waals surface area contributed by atoms with Crippen molar-refractivity contribution in [3.05, 3.63) is 18.2 Å². The summed E-state index contributed by atoms with van der Waals surface area (Å²) in [7, 11) is 0. The first-order valence-corrected chi connectivity index (χ1v) is 10.6. The first-order valence-electron chi connectivity index (χ1n) is 10.6. The van der Waals surface area contributed by atoms with Gasteiger partial charge in [-0.15, -0.1) is 0 Å². The van der Waals surface area contributed by atoms with Crippen molar-refractivity contribution in [2.45, 2.75) is 50.2 Å². The van der Waals surface area contributed by atoms with E-state index < -0.39 is 60.8 Å². The number of aliphatic carboxylic acids is 2. The number of amides is 3. The molecule has 0 bridgehead atoms. The van der Waals surface area contributed by atoms with Crippen molar-refractivity contribution in [3.63, 3.8) is 0 Å². The lowest BCUT2D eigenvalue weighted by Crippen LogP contribution is -2.54. The molecule has 0 saturated carbocycles. The van der Waals surface area contributed by atoms with Crippen LogP contribution in [-0.2, 0) is 30.4 Å². The number of hydrogen-bond acceptors (Lipinski definition) is 8. The van der Waals surface area contributed by atoms with Crippen LogP contribution in [-0.4, -0.2) is 87.0 Å². The Morgan fingerprint density at radius 2 is 1.77 bits per heavy atom. The topological polar surface area (TPSA) is 281 Å². The predicted molar refractivity (Wildman–Crippen MR) is 122 cm³/mol. The van der Waals surface area contributed by atoms with Crippen LogP contribution in [0.2, 0.25) is 0 Å². The molecule has 0 saturated heterocycles. The molecule has 0 aliphatic rings. The maximum absolute atomic E-state index is 12.7. The van der Waals surface area contributed by atoms with Gasteiger partial charge in [0, 0.05) is 31.3 Å². The zero-order valence-corrected chi connectivity index (χ0v) is 18.9. The molecule has 16 nitrogen and oxygen atoms in total. The highest BCUT2D eigenvalue weighted by Gasteiger charge is 2.27. The fourth-order valence-electron chi connectivity index (χ4n) is 2.84. The van der Waals surface area contributed by atoms with Crippen molar-refractivity contribution in [2.24, 2.45) is 22.2 Å². The van der Waals surface area contributed by atoms with Crippen molar-refractivity contribution in [1.82, 2.24) is 25.9 Å². The molecular formula is C19H31N9O7. The summed E-state index contributed by atoms with van der Waals surface area (Å²) in [6.07, 6.45) is 2.56.